The summed E-state index contributed by atoms with van der Waals surface area (Å²) in [6.07, 6.45) is 0.511. The molecule has 0 aliphatic rings. The predicted octanol–water partition coefficient (Wildman–Crippen LogP) is 1.64. The molecule has 0 aliphatic heterocycles. The summed E-state index contributed by atoms with van der Waals surface area (Å²) in [4.78, 5) is 21.2. The highest BCUT2D eigenvalue weighted by molar-refractivity contribution is 9.10. The van der Waals surface area contributed by atoms with Gasteiger partial charge in [-0.2, -0.15) is 0 Å². The van der Waals surface area contributed by atoms with Gasteiger partial charge in [0.25, 0.3) is 0 Å². The maximum atomic E-state index is 10.9. The van der Waals surface area contributed by atoms with Gasteiger partial charge in [-0.3, -0.25) is 4.79 Å². The lowest BCUT2D eigenvalue weighted by Crippen LogP contribution is -1.99. The third-order valence-corrected chi connectivity index (χ3v) is 1.82. The van der Waals surface area contributed by atoms with Crippen LogP contribution in [0.5, 0.6) is 0 Å². The highest BCUT2D eigenvalue weighted by Crippen LogP contribution is 2.21. The lowest BCUT2D eigenvalue weighted by atomic mass is 10.3. The van der Waals surface area contributed by atoms with Crippen molar-refractivity contribution >= 4 is 28.2 Å². The zero-order chi connectivity index (χ0) is 9.14. The summed E-state index contributed by atoms with van der Waals surface area (Å²) >= 11 is 2.97. The van der Waals surface area contributed by atoms with Crippen molar-refractivity contribution in [2.45, 2.75) is 0 Å². The van der Waals surface area contributed by atoms with E-state index in [1.165, 1.54) is 13.2 Å². The molecule has 0 atom stereocenters. The number of rotatable bonds is 2. The zero-order valence-corrected chi connectivity index (χ0v) is 7.75. The Hall–Kier alpha value is -1.10. The van der Waals surface area contributed by atoms with Crippen molar-refractivity contribution in [1.82, 2.24) is 0 Å². The second-order valence-corrected chi connectivity index (χ2v) is 2.67. The Bertz CT molecular complexity index is 315. The number of methoxy groups -OCH3 is 1. The molecule has 0 fully saturated rings. The topological polar surface area (TPSA) is 56.5 Å². The van der Waals surface area contributed by atoms with Gasteiger partial charge in [-0.1, -0.05) is 0 Å². The van der Waals surface area contributed by atoms with E-state index >= 15 is 0 Å². The number of furan rings is 1. The van der Waals surface area contributed by atoms with E-state index in [-0.39, 0.29) is 16.0 Å². The van der Waals surface area contributed by atoms with E-state index in [9.17, 15) is 9.59 Å². The monoisotopic (exact) mass is 232 g/mol. The van der Waals surface area contributed by atoms with Crippen LogP contribution < -0.4 is 0 Å². The lowest BCUT2D eigenvalue weighted by molar-refractivity contribution is 0.0598. The Labute approximate surface area is 76.6 Å². The van der Waals surface area contributed by atoms with Crippen molar-refractivity contribution in [1.29, 1.82) is 0 Å². The van der Waals surface area contributed by atoms with Gasteiger partial charge < -0.3 is 9.15 Å². The number of carbonyl (C=O) groups excluding carboxylic acids is 2. The molecule has 64 valence electrons. The molecule has 1 heterocycles. The van der Waals surface area contributed by atoms with Gasteiger partial charge in [-0.15, -0.1) is 0 Å². The van der Waals surface area contributed by atoms with Crippen molar-refractivity contribution in [3.05, 3.63) is 22.1 Å². The molecule has 12 heavy (non-hydrogen) atoms. The van der Waals surface area contributed by atoms with Gasteiger partial charge in [0.15, 0.2) is 16.7 Å². The van der Waals surface area contributed by atoms with E-state index < -0.39 is 5.97 Å². The first-order valence-electron chi connectivity index (χ1n) is 3.02. The number of halogens is 1. The minimum absolute atomic E-state index is 0.0854. The van der Waals surface area contributed by atoms with Gasteiger partial charge in [-0.05, 0) is 15.9 Å². The molecule has 0 saturated heterocycles. The summed E-state index contributed by atoms with van der Waals surface area (Å²) in [5.74, 6) is -0.457. The second kappa shape index (κ2) is 3.53. The van der Waals surface area contributed by atoms with Crippen LogP contribution in [0, 0.1) is 0 Å². The molecule has 0 amide bonds. The first-order chi connectivity index (χ1) is 5.69. The summed E-state index contributed by atoms with van der Waals surface area (Å²) in [5.41, 5.74) is 0.208. The van der Waals surface area contributed by atoms with Gasteiger partial charge in [-0.25, -0.2) is 4.79 Å². The van der Waals surface area contributed by atoms with Crippen molar-refractivity contribution < 1.29 is 18.7 Å². The van der Waals surface area contributed by atoms with Crippen molar-refractivity contribution in [3.8, 4) is 0 Å². The zero-order valence-electron chi connectivity index (χ0n) is 6.17. The Morgan fingerprint density at radius 3 is 2.83 bits per heavy atom. The van der Waals surface area contributed by atoms with Crippen molar-refractivity contribution in [2.24, 2.45) is 0 Å². The summed E-state index contributed by atoms with van der Waals surface area (Å²) in [5, 5.41) is 0. The fourth-order valence-electron chi connectivity index (χ4n) is 0.694. The molecular weight excluding hydrogens is 228 g/mol. The Balaban J connectivity index is 3.07. The van der Waals surface area contributed by atoms with E-state index in [1.54, 1.807) is 0 Å². The number of ether oxygens (including phenoxy) is 1. The van der Waals surface area contributed by atoms with Crippen LogP contribution in [0.2, 0.25) is 0 Å². The molecule has 0 aliphatic carbocycles. The van der Waals surface area contributed by atoms with Gasteiger partial charge >= 0.3 is 5.97 Å². The molecule has 5 heteroatoms. The quantitative estimate of drug-likeness (QED) is 0.575. The van der Waals surface area contributed by atoms with Crippen LogP contribution in [-0.4, -0.2) is 19.4 Å². The summed E-state index contributed by atoms with van der Waals surface area (Å²) in [7, 11) is 1.25. The van der Waals surface area contributed by atoms with Gasteiger partial charge in [0.05, 0.1) is 7.11 Å². The van der Waals surface area contributed by atoms with Gasteiger partial charge in [0, 0.05) is 6.07 Å². The average Bonchev–Trinajstić information content (AvgIpc) is 2.45. The molecule has 1 aromatic rings. The third kappa shape index (κ3) is 1.55. The summed E-state index contributed by atoms with van der Waals surface area (Å²) in [6, 6.07) is 1.31. The summed E-state index contributed by atoms with van der Waals surface area (Å²) in [6.45, 7) is 0. The largest absolute Gasteiger partial charge is 0.465 e. The fraction of sp³-hybridized carbons (Fsp3) is 0.143. The summed E-state index contributed by atoms with van der Waals surface area (Å²) < 4.78 is 9.47. The van der Waals surface area contributed by atoms with Crippen LogP contribution in [0.1, 0.15) is 20.9 Å². The first kappa shape index (κ1) is 8.99. The van der Waals surface area contributed by atoms with E-state index in [0.717, 1.165) is 0 Å². The molecular formula is C7H5BrO4. The predicted molar refractivity (Wildman–Crippen MR) is 43.1 cm³/mol. The minimum atomic E-state index is -0.543. The highest BCUT2D eigenvalue weighted by atomic mass is 79.9. The maximum Gasteiger partial charge on any atom is 0.342 e. The highest BCUT2D eigenvalue weighted by Gasteiger charge is 2.15. The second-order valence-electron chi connectivity index (χ2n) is 1.95. The molecule has 0 saturated carbocycles. The smallest absolute Gasteiger partial charge is 0.342 e. The number of aldehydes is 1. The SMILES string of the molecule is COC(=O)c1cc(C=O)oc1Br. The Morgan fingerprint density at radius 1 is 1.75 bits per heavy atom. The fourth-order valence-corrected chi connectivity index (χ4v) is 1.16. The van der Waals surface area contributed by atoms with Crippen LogP contribution in [0.4, 0.5) is 0 Å². The third-order valence-electron chi connectivity index (χ3n) is 1.23. The molecule has 0 aromatic carbocycles. The van der Waals surface area contributed by atoms with Crippen LogP contribution in [-0.2, 0) is 4.74 Å². The van der Waals surface area contributed by atoms with Gasteiger partial charge in [0.2, 0.25) is 0 Å². The number of hydrogen-bond acceptors (Lipinski definition) is 4. The molecule has 1 rings (SSSR count). The van der Waals surface area contributed by atoms with E-state index in [4.69, 9.17) is 4.42 Å². The van der Waals surface area contributed by atoms with E-state index in [1.807, 2.05) is 0 Å². The molecule has 4 nitrogen and oxygen atoms in total. The molecule has 0 N–H and O–H groups in total. The molecule has 0 radical (unpaired) electrons. The van der Waals surface area contributed by atoms with Crippen LogP contribution in [0.3, 0.4) is 0 Å². The van der Waals surface area contributed by atoms with Crippen LogP contribution in [0.15, 0.2) is 15.2 Å². The Morgan fingerprint density at radius 2 is 2.42 bits per heavy atom. The molecule has 0 bridgehead atoms. The van der Waals surface area contributed by atoms with Gasteiger partial charge in [0.1, 0.15) is 5.56 Å². The molecule has 1 aromatic heterocycles. The number of esters is 1. The van der Waals surface area contributed by atoms with Crippen molar-refractivity contribution in [2.75, 3.05) is 7.11 Å². The average molecular weight is 233 g/mol. The maximum absolute atomic E-state index is 10.9. The van der Waals surface area contributed by atoms with E-state index in [0.29, 0.717) is 6.29 Å². The normalized spacial score (nSPS) is 9.50. The Kier molecular flexibility index (Phi) is 2.65. The molecule has 0 spiro atoms. The van der Waals surface area contributed by atoms with Crippen LogP contribution in [0.25, 0.3) is 0 Å². The number of hydrogen-bond donors (Lipinski definition) is 0. The van der Waals surface area contributed by atoms with E-state index in [2.05, 4.69) is 20.7 Å². The van der Waals surface area contributed by atoms with Crippen molar-refractivity contribution in [3.63, 3.8) is 0 Å². The first-order valence-corrected chi connectivity index (χ1v) is 3.81. The standard InChI is InChI=1S/C7H5BrO4/c1-11-7(10)5-2-4(3-9)12-6(5)8/h2-3H,1H3. The molecule has 0 unspecified atom stereocenters. The number of carbonyl (C=O) groups is 2. The van der Waals surface area contributed by atoms with Crippen LogP contribution >= 0.6 is 15.9 Å². The lowest BCUT2D eigenvalue weighted by Gasteiger charge is -1.92. The minimum Gasteiger partial charge on any atom is -0.465 e.